The van der Waals surface area contributed by atoms with E-state index in [1.54, 1.807) is 0 Å². The second-order valence-electron chi connectivity index (χ2n) is 3.67. The lowest BCUT2D eigenvalue weighted by Gasteiger charge is -2.03. The molecule has 2 aromatic rings. The molecule has 2 rings (SSSR count). The number of carboxylic acids is 1. The third kappa shape index (κ3) is 2.09. The molecular weight excluding hydrogens is 272 g/mol. The van der Waals surface area contributed by atoms with Gasteiger partial charge in [-0.2, -0.15) is 0 Å². The SMILES string of the molecule is Cc1ccc2c(c1)nc(Br)n2CCC(=O)O. The number of carbonyl (C=O) groups is 1. The molecule has 1 N–H and O–H groups in total. The van der Waals surface area contributed by atoms with E-state index < -0.39 is 5.97 Å². The van der Waals surface area contributed by atoms with Crippen LogP contribution in [-0.2, 0) is 11.3 Å². The molecule has 0 bridgehead atoms. The van der Waals surface area contributed by atoms with Crippen LogP contribution in [0.2, 0.25) is 0 Å². The predicted octanol–water partition coefficient (Wildman–Crippen LogP) is 2.58. The Balaban J connectivity index is 2.43. The van der Waals surface area contributed by atoms with Gasteiger partial charge >= 0.3 is 5.97 Å². The average molecular weight is 283 g/mol. The van der Waals surface area contributed by atoms with E-state index in [1.165, 1.54) is 0 Å². The molecule has 5 heteroatoms. The third-order valence-corrected chi connectivity index (χ3v) is 3.01. The standard InChI is InChI=1S/C11H11BrN2O2/c1-7-2-3-9-8(6-7)13-11(12)14(9)5-4-10(15)16/h2-3,6H,4-5H2,1H3,(H,15,16). The van der Waals surface area contributed by atoms with Gasteiger partial charge in [0.2, 0.25) is 0 Å². The zero-order chi connectivity index (χ0) is 11.7. The summed E-state index contributed by atoms with van der Waals surface area (Å²) in [5.74, 6) is -0.805. The molecule has 1 aromatic heterocycles. The first-order valence-electron chi connectivity index (χ1n) is 4.92. The summed E-state index contributed by atoms with van der Waals surface area (Å²) in [6.45, 7) is 2.43. The van der Waals surface area contributed by atoms with Crippen molar-refractivity contribution >= 4 is 32.9 Å². The topological polar surface area (TPSA) is 55.1 Å². The van der Waals surface area contributed by atoms with Crippen LogP contribution < -0.4 is 0 Å². The molecule has 16 heavy (non-hydrogen) atoms. The van der Waals surface area contributed by atoms with Crippen molar-refractivity contribution in [3.63, 3.8) is 0 Å². The van der Waals surface area contributed by atoms with Crippen LogP contribution in [0, 0.1) is 6.92 Å². The van der Waals surface area contributed by atoms with E-state index in [9.17, 15) is 4.79 Å². The zero-order valence-corrected chi connectivity index (χ0v) is 10.4. The van der Waals surface area contributed by atoms with Gasteiger partial charge in [-0.15, -0.1) is 0 Å². The summed E-state index contributed by atoms with van der Waals surface area (Å²) in [7, 11) is 0. The molecule has 0 unspecified atom stereocenters. The second kappa shape index (κ2) is 4.25. The van der Waals surface area contributed by atoms with Crippen molar-refractivity contribution in [3.8, 4) is 0 Å². The first kappa shape index (κ1) is 11.1. The zero-order valence-electron chi connectivity index (χ0n) is 8.77. The first-order chi connectivity index (χ1) is 7.58. The summed E-state index contributed by atoms with van der Waals surface area (Å²) >= 11 is 3.34. The number of halogens is 1. The number of hydrogen-bond donors (Lipinski definition) is 1. The van der Waals surface area contributed by atoms with Crippen LogP contribution in [0.25, 0.3) is 11.0 Å². The molecular formula is C11H11BrN2O2. The Labute approximate surface area is 101 Å². The highest BCUT2D eigenvalue weighted by Gasteiger charge is 2.09. The van der Waals surface area contributed by atoms with Crippen LogP contribution in [0.3, 0.4) is 0 Å². The number of aromatic nitrogens is 2. The van der Waals surface area contributed by atoms with E-state index in [0.717, 1.165) is 16.6 Å². The van der Waals surface area contributed by atoms with Crippen molar-refractivity contribution in [2.24, 2.45) is 0 Å². The fourth-order valence-electron chi connectivity index (χ4n) is 1.63. The normalized spacial score (nSPS) is 10.9. The van der Waals surface area contributed by atoms with Gasteiger partial charge < -0.3 is 9.67 Å². The lowest BCUT2D eigenvalue weighted by molar-refractivity contribution is -0.137. The van der Waals surface area contributed by atoms with Crippen molar-refractivity contribution in [3.05, 3.63) is 28.5 Å². The van der Waals surface area contributed by atoms with Gasteiger partial charge in [0.05, 0.1) is 17.5 Å². The summed E-state index contributed by atoms with van der Waals surface area (Å²) in [5.41, 5.74) is 2.99. The van der Waals surface area contributed by atoms with Crippen LogP contribution in [0.5, 0.6) is 0 Å². The molecule has 0 saturated carbocycles. The highest BCUT2D eigenvalue weighted by Crippen LogP contribution is 2.21. The van der Waals surface area contributed by atoms with Gasteiger partial charge in [-0.25, -0.2) is 4.98 Å². The van der Waals surface area contributed by atoms with Gasteiger partial charge in [0.1, 0.15) is 0 Å². The third-order valence-electron chi connectivity index (χ3n) is 2.41. The maximum absolute atomic E-state index is 10.5. The fraction of sp³-hybridized carbons (Fsp3) is 0.273. The number of imidazole rings is 1. The lowest BCUT2D eigenvalue weighted by Crippen LogP contribution is -2.04. The minimum Gasteiger partial charge on any atom is -0.481 e. The van der Waals surface area contributed by atoms with Crippen molar-refractivity contribution in [2.45, 2.75) is 19.9 Å². The lowest BCUT2D eigenvalue weighted by atomic mass is 10.2. The maximum atomic E-state index is 10.5. The maximum Gasteiger partial charge on any atom is 0.305 e. The number of aryl methyl sites for hydroxylation is 2. The summed E-state index contributed by atoms with van der Waals surface area (Å²) in [6, 6.07) is 5.94. The fourth-order valence-corrected chi connectivity index (χ4v) is 2.19. The molecule has 1 aromatic carbocycles. The molecule has 84 valence electrons. The van der Waals surface area contributed by atoms with Gasteiger partial charge in [-0.1, -0.05) is 6.07 Å². The molecule has 0 spiro atoms. The van der Waals surface area contributed by atoms with Crippen molar-refractivity contribution in [1.29, 1.82) is 0 Å². The Bertz CT molecular complexity index is 548. The Morgan fingerprint density at radius 2 is 2.31 bits per heavy atom. The number of aliphatic carboxylic acids is 1. The summed E-state index contributed by atoms with van der Waals surface area (Å²) < 4.78 is 2.54. The Hall–Kier alpha value is -1.36. The molecule has 0 atom stereocenters. The Kier molecular flexibility index (Phi) is 2.96. The highest BCUT2D eigenvalue weighted by atomic mass is 79.9. The molecule has 0 radical (unpaired) electrons. The minimum atomic E-state index is -0.805. The van der Waals surface area contributed by atoms with Crippen LogP contribution >= 0.6 is 15.9 Å². The molecule has 0 aliphatic rings. The van der Waals surface area contributed by atoms with Crippen molar-refractivity contribution in [2.75, 3.05) is 0 Å². The largest absolute Gasteiger partial charge is 0.481 e. The number of carboxylic acid groups (broad SMARTS) is 1. The van der Waals surface area contributed by atoms with Crippen LogP contribution in [0.15, 0.2) is 22.9 Å². The molecule has 0 fully saturated rings. The smallest absolute Gasteiger partial charge is 0.305 e. The van der Waals surface area contributed by atoms with E-state index in [4.69, 9.17) is 5.11 Å². The molecule has 4 nitrogen and oxygen atoms in total. The van der Waals surface area contributed by atoms with Gasteiger partial charge in [0.25, 0.3) is 0 Å². The van der Waals surface area contributed by atoms with Gasteiger partial charge in [-0.05, 0) is 40.5 Å². The number of benzene rings is 1. The number of hydrogen-bond acceptors (Lipinski definition) is 2. The van der Waals surface area contributed by atoms with Crippen molar-refractivity contribution in [1.82, 2.24) is 9.55 Å². The number of rotatable bonds is 3. The average Bonchev–Trinajstić information content (AvgIpc) is 2.50. The molecule has 0 aliphatic heterocycles. The van der Waals surface area contributed by atoms with Gasteiger partial charge in [0, 0.05) is 6.54 Å². The molecule has 0 amide bonds. The molecule has 1 heterocycles. The van der Waals surface area contributed by atoms with E-state index in [0.29, 0.717) is 11.3 Å². The van der Waals surface area contributed by atoms with Crippen LogP contribution in [0.1, 0.15) is 12.0 Å². The van der Waals surface area contributed by atoms with E-state index in [-0.39, 0.29) is 6.42 Å². The summed E-state index contributed by atoms with van der Waals surface area (Å²) in [6.07, 6.45) is 0.0952. The predicted molar refractivity (Wildman–Crippen MR) is 64.4 cm³/mol. The van der Waals surface area contributed by atoms with E-state index in [1.807, 2.05) is 29.7 Å². The van der Waals surface area contributed by atoms with Crippen molar-refractivity contribution < 1.29 is 9.90 Å². The molecule has 0 aliphatic carbocycles. The van der Waals surface area contributed by atoms with E-state index in [2.05, 4.69) is 20.9 Å². The summed E-state index contributed by atoms with van der Waals surface area (Å²) in [5, 5.41) is 8.67. The second-order valence-corrected chi connectivity index (χ2v) is 4.38. The molecule has 0 saturated heterocycles. The first-order valence-corrected chi connectivity index (χ1v) is 5.71. The number of nitrogens with zero attached hydrogens (tertiary/aromatic N) is 2. The Morgan fingerprint density at radius 3 is 3.00 bits per heavy atom. The minimum absolute atomic E-state index is 0.0952. The van der Waals surface area contributed by atoms with Crippen LogP contribution in [0.4, 0.5) is 0 Å². The Morgan fingerprint density at radius 1 is 1.56 bits per heavy atom. The highest BCUT2D eigenvalue weighted by molar-refractivity contribution is 9.10. The van der Waals surface area contributed by atoms with E-state index >= 15 is 0 Å². The quantitative estimate of drug-likeness (QED) is 0.942. The summed E-state index contributed by atoms with van der Waals surface area (Å²) in [4.78, 5) is 14.9. The van der Waals surface area contributed by atoms with Gasteiger partial charge in [0.15, 0.2) is 4.73 Å². The van der Waals surface area contributed by atoms with Crippen LogP contribution in [-0.4, -0.2) is 20.6 Å². The monoisotopic (exact) mass is 282 g/mol. The van der Waals surface area contributed by atoms with Gasteiger partial charge in [-0.3, -0.25) is 4.79 Å². The number of fused-ring (bicyclic) bond motifs is 1.